The van der Waals surface area contributed by atoms with E-state index in [0.29, 0.717) is 0 Å². The molecule has 3 unspecified atom stereocenters. The minimum Gasteiger partial charge on any atom is -0.313 e. The van der Waals surface area contributed by atoms with E-state index in [9.17, 15) is 0 Å². The van der Waals surface area contributed by atoms with Gasteiger partial charge in [0.25, 0.3) is 0 Å². The molecule has 1 aliphatic carbocycles. The first-order chi connectivity index (χ1) is 6.83. The molecule has 2 aliphatic rings. The Morgan fingerprint density at radius 2 is 2.00 bits per heavy atom. The van der Waals surface area contributed by atoms with E-state index in [1.807, 2.05) is 0 Å². The average Bonchev–Trinajstić information content (AvgIpc) is 2.99. The molecule has 82 valence electrons. The molecule has 1 N–H and O–H groups in total. The van der Waals surface area contributed by atoms with Gasteiger partial charge >= 0.3 is 0 Å². The van der Waals surface area contributed by atoms with E-state index in [4.69, 9.17) is 0 Å². The fraction of sp³-hybridized carbons (Fsp3) is 1.00. The largest absolute Gasteiger partial charge is 0.313 e. The molecule has 0 aromatic rings. The Morgan fingerprint density at radius 3 is 2.57 bits per heavy atom. The van der Waals surface area contributed by atoms with Crippen LogP contribution < -0.4 is 5.32 Å². The minimum absolute atomic E-state index is 0.799. The summed E-state index contributed by atoms with van der Waals surface area (Å²) in [7, 11) is 0. The summed E-state index contributed by atoms with van der Waals surface area (Å²) in [5.74, 6) is 3.70. The highest BCUT2D eigenvalue weighted by atomic mass is 32.2. The Morgan fingerprint density at radius 1 is 1.29 bits per heavy atom. The van der Waals surface area contributed by atoms with E-state index >= 15 is 0 Å². The predicted molar refractivity (Wildman–Crippen MR) is 68.4 cm³/mol. The third-order valence-corrected chi connectivity index (χ3v) is 6.38. The zero-order valence-corrected chi connectivity index (χ0v) is 10.8. The minimum atomic E-state index is 0.799. The van der Waals surface area contributed by atoms with Gasteiger partial charge in [-0.15, -0.1) is 0 Å². The molecular formula is C11H21NS2. The highest BCUT2D eigenvalue weighted by molar-refractivity contribution is 8.07. The summed E-state index contributed by atoms with van der Waals surface area (Å²) in [6.07, 6.45) is 2.93. The first kappa shape index (κ1) is 11.2. The SMILES string of the molecule is CCNC(C1CC1)C1SCCSC1C. The van der Waals surface area contributed by atoms with Gasteiger partial charge in [0.15, 0.2) is 0 Å². The third-order valence-electron chi connectivity index (χ3n) is 3.16. The molecule has 0 spiro atoms. The Labute approximate surface area is 96.2 Å². The fourth-order valence-corrected chi connectivity index (χ4v) is 5.33. The Hall–Kier alpha value is 0.660. The Bertz CT molecular complexity index is 180. The summed E-state index contributed by atoms with van der Waals surface area (Å²) in [5, 5.41) is 5.42. The number of hydrogen-bond acceptors (Lipinski definition) is 3. The summed E-state index contributed by atoms with van der Waals surface area (Å²) < 4.78 is 0. The maximum Gasteiger partial charge on any atom is 0.0320 e. The molecular weight excluding hydrogens is 210 g/mol. The fourth-order valence-electron chi connectivity index (χ4n) is 2.29. The summed E-state index contributed by atoms with van der Waals surface area (Å²) in [6.45, 7) is 5.78. The predicted octanol–water partition coefficient (Wildman–Crippen LogP) is 2.61. The molecule has 14 heavy (non-hydrogen) atoms. The molecule has 0 radical (unpaired) electrons. The van der Waals surface area contributed by atoms with Crippen LogP contribution in [0.3, 0.4) is 0 Å². The van der Waals surface area contributed by atoms with Gasteiger partial charge in [-0.3, -0.25) is 0 Å². The lowest BCUT2D eigenvalue weighted by atomic mass is 10.1. The van der Waals surface area contributed by atoms with Crippen molar-refractivity contribution in [3.63, 3.8) is 0 Å². The van der Waals surface area contributed by atoms with Gasteiger partial charge in [-0.05, 0) is 25.3 Å². The summed E-state index contributed by atoms with van der Waals surface area (Å²) in [5.41, 5.74) is 0. The number of rotatable bonds is 4. The van der Waals surface area contributed by atoms with Crippen molar-refractivity contribution in [1.82, 2.24) is 5.32 Å². The second-order valence-corrected chi connectivity index (χ2v) is 7.10. The highest BCUT2D eigenvalue weighted by Crippen LogP contribution is 2.42. The quantitative estimate of drug-likeness (QED) is 0.799. The zero-order chi connectivity index (χ0) is 9.97. The molecule has 2 fully saturated rings. The van der Waals surface area contributed by atoms with Crippen LogP contribution in [0, 0.1) is 5.92 Å². The molecule has 1 heterocycles. The maximum atomic E-state index is 3.71. The Kier molecular flexibility index (Phi) is 4.09. The lowest BCUT2D eigenvalue weighted by Gasteiger charge is -2.35. The number of thioether (sulfide) groups is 2. The molecule has 0 bridgehead atoms. The normalized spacial score (nSPS) is 35.6. The van der Waals surface area contributed by atoms with E-state index < -0.39 is 0 Å². The molecule has 1 aliphatic heterocycles. The maximum absolute atomic E-state index is 3.71. The van der Waals surface area contributed by atoms with Gasteiger partial charge in [-0.2, -0.15) is 23.5 Å². The lowest BCUT2D eigenvalue weighted by Crippen LogP contribution is -2.45. The van der Waals surface area contributed by atoms with Gasteiger partial charge in [-0.25, -0.2) is 0 Å². The topological polar surface area (TPSA) is 12.0 Å². The third kappa shape index (κ3) is 2.61. The molecule has 0 aromatic heterocycles. The van der Waals surface area contributed by atoms with Gasteiger partial charge in [-0.1, -0.05) is 13.8 Å². The van der Waals surface area contributed by atoms with Crippen LogP contribution >= 0.6 is 23.5 Å². The zero-order valence-electron chi connectivity index (χ0n) is 9.16. The van der Waals surface area contributed by atoms with Crippen LogP contribution in [0.5, 0.6) is 0 Å². The molecule has 2 rings (SSSR count). The van der Waals surface area contributed by atoms with Crippen molar-refractivity contribution in [2.45, 2.75) is 43.2 Å². The van der Waals surface area contributed by atoms with Crippen molar-refractivity contribution in [1.29, 1.82) is 0 Å². The standard InChI is InChI=1S/C11H21NS2/c1-3-12-10(9-4-5-9)11-8(2)13-6-7-14-11/h8-12H,3-7H2,1-2H3. The first-order valence-corrected chi connectivity index (χ1v) is 7.89. The van der Waals surface area contributed by atoms with E-state index in [1.165, 1.54) is 24.3 Å². The van der Waals surface area contributed by atoms with Crippen LogP contribution in [0.15, 0.2) is 0 Å². The van der Waals surface area contributed by atoms with Crippen molar-refractivity contribution in [3.05, 3.63) is 0 Å². The monoisotopic (exact) mass is 231 g/mol. The van der Waals surface area contributed by atoms with Crippen molar-refractivity contribution < 1.29 is 0 Å². The second kappa shape index (κ2) is 5.13. The smallest absolute Gasteiger partial charge is 0.0320 e. The molecule has 1 saturated heterocycles. The van der Waals surface area contributed by atoms with Gasteiger partial charge < -0.3 is 5.32 Å². The first-order valence-electron chi connectivity index (χ1n) is 5.79. The van der Waals surface area contributed by atoms with E-state index in [2.05, 4.69) is 42.7 Å². The van der Waals surface area contributed by atoms with E-state index in [0.717, 1.165) is 29.0 Å². The van der Waals surface area contributed by atoms with Crippen LogP contribution in [0.25, 0.3) is 0 Å². The van der Waals surface area contributed by atoms with Crippen LogP contribution in [0.1, 0.15) is 26.7 Å². The van der Waals surface area contributed by atoms with Gasteiger partial charge in [0.1, 0.15) is 0 Å². The van der Waals surface area contributed by atoms with Crippen molar-refractivity contribution in [2.24, 2.45) is 5.92 Å². The number of hydrogen-bond donors (Lipinski definition) is 1. The van der Waals surface area contributed by atoms with Crippen molar-refractivity contribution in [2.75, 3.05) is 18.1 Å². The van der Waals surface area contributed by atoms with E-state index in [1.54, 1.807) is 0 Å². The Balaban J connectivity index is 1.93. The highest BCUT2D eigenvalue weighted by Gasteiger charge is 2.39. The summed E-state index contributed by atoms with van der Waals surface area (Å²) >= 11 is 4.37. The molecule has 3 heteroatoms. The summed E-state index contributed by atoms with van der Waals surface area (Å²) in [4.78, 5) is 0. The van der Waals surface area contributed by atoms with Gasteiger partial charge in [0.2, 0.25) is 0 Å². The van der Waals surface area contributed by atoms with Gasteiger partial charge in [0.05, 0.1) is 0 Å². The number of nitrogens with one attached hydrogen (secondary N) is 1. The van der Waals surface area contributed by atoms with Crippen molar-refractivity contribution >= 4 is 23.5 Å². The van der Waals surface area contributed by atoms with Crippen LogP contribution in [-0.4, -0.2) is 34.6 Å². The summed E-state index contributed by atoms with van der Waals surface area (Å²) in [6, 6.07) is 0.799. The molecule has 3 atom stereocenters. The average molecular weight is 231 g/mol. The van der Waals surface area contributed by atoms with Gasteiger partial charge in [0, 0.05) is 28.0 Å². The van der Waals surface area contributed by atoms with E-state index in [-0.39, 0.29) is 0 Å². The molecule has 0 aromatic carbocycles. The molecule has 1 nitrogen and oxygen atoms in total. The van der Waals surface area contributed by atoms with Crippen LogP contribution in [0.2, 0.25) is 0 Å². The van der Waals surface area contributed by atoms with Crippen LogP contribution in [-0.2, 0) is 0 Å². The molecule has 1 saturated carbocycles. The molecule has 0 amide bonds. The van der Waals surface area contributed by atoms with Crippen LogP contribution in [0.4, 0.5) is 0 Å². The second-order valence-electron chi connectivity index (χ2n) is 4.33. The lowest BCUT2D eigenvalue weighted by molar-refractivity contribution is 0.455. The van der Waals surface area contributed by atoms with Crippen molar-refractivity contribution in [3.8, 4) is 0 Å².